The highest BCUT2D eigenvalue weighted by Crippen LogP contribution is 2.40. The zero-order valence-electron chi connectivity index (χ0n) is 11.0. The van der Waals surface area contributed by atoms with Gasteiger partial charge < -0.3 is 10.1 Å². The van der Waals surface area contributed by atoms with Crippen LogP contribution >= 0.6 is 15.9 Å². The molecule has 18 heavy (non-hydrogen) atoms. The molecule has 1 fully saturated rings. The van der Waals surface area contributed by atoms with E-state index in [2.05, 4.69) is 38.1 Å². The first kappa shape index (κ1) is 13.6. The molecule has 1 aromatic rings. The minimum Gasteiger partial charge on any atom is -0.480 e. The number of methoxy groups -OCH3 is 1. The maximum absolute atomic E-state index is 5.17. The van der Waals surface area contributed by atoms with Crippen LogP contribution in [0.2, 0.25) is 0 Å². The molecular formula is C13H20BrN3O. The van der Waals surface area contributed by atoms with Crippen LogP contribution in [0.5, 0.6) is 5.88 Å². The molecule has 0 saturated heterocycles. The van der Waals surface area contributed by atoms with Gasteiger partial charge >= 0.3 is 0 Å². The standard InChI is InChI=1S/C13H20BrN3O/c1-3-13(6-4-5-7-13)9-16-12-15-8-10(14)11(17-12)18-2/h8H,3-7,9H2,1-2H3,(H,15,16,17). The normalized spacial score (nSPS) is 17.7. The summed E-state index contributed by atoms with van der Waals surface area (Å²) in [5.41, 5.74) is 0.434. The van der Waals surface area contributed by atoms with Gasteiger partial charge in [-0.2, -0.15) is 4.98 Å². The lowest BCUT2D eigenvalue weighted by molar-refractivity contribution is 0.306. The third-order valence-corrected chi connectivity index (χ3v) is 4.48. The van der Waals surface area contributed by atoms with E-state index in [9.17, 15) is 0 Å². The van der Waals surface area contributed by atoms with E-state index in [-0.39, 0.29) is 0 Å². The van der Waals surface area contributed by atoms with Crippen LogP contribution < -0.4 is 10.1 Å². The number of hydrogen-bond donors (Lipinski definition) is 1. The van der Waals surface area contributed by atoms with Crippen molar-refractivity contribution in [2.24, 2.45) is 5.41 Å². The molecule has 1 saturated carbocycles. The average molecular weight is 314 g/mol. The molecule has 0 atom stereocenters. The minimum atomic E-state index is 0.434. The highest BCUT2D eigenvalue weighted by Gasteiger charge is 2.31. The number of rotatable bonds is 5. The molecule has 1 heterocycles. The lowest BCUT2D eigenvalue weighted by Crippen LogP contribution is -2.26. The number of aromatic nitrogens is 2. The quantitative estimate of drug-likeness (QED) is 0.901. The van der Waals surface area contributed by atoms with E-state index in [0.717, 1.165) is 11.0 Å². The first-order valence-corrected chi connectivity index (χ1v) is 7.29. The van der Waals surface area contributed by atoms with Gasteiger partial charge in [0.05, 0.1) is 17.8 Å². The largest absolute Gasteiger partial charge is 0.480 e. The van der Waals surface area contributed by atoms with E-state index in [1.165, 1.54) is 32.1 Å². The zero-order chi connectivity index (χ0) is 13.0. The Labute approximate surface area is 117 Å². The van der Waals surface area contributed by atoms with Gasteiger partial charge in [0, 0.05) is 6.54 Å². The fraction of sp³-hybridized carbons (Fsp3) is 0.692. The van der Waals surface area contributed by atoms with Crippen LogP contribution in [-0.2, 0) is 0 Å². The summed E-state index contributed by atoms with van der Waals surface area (Å²) in [6, 6.07) is 0. The lowest BCUT2D eigenvalue weighted by atomic mass is 9.83. The number of ether oxygens (including phenoxy) is 1. The third kappa shape index (κ3) is 2.94. The highest BCUT2D eigenvalue weighted by atomic mass is 79.9. The fourth-order valence-electron chi connectivity index (χ4n) is 2.63. The van der Waals surface area contributed by atoms with Crippen molar-refractivity contribution in [1.29, 1.82) is 0 Å². The zero-order valence-corrected chi connectivity index (χ0v) is 12.6. The molecular weight excluding hydrogens is 294 g/mol. The molecule has 2 rings (SSSR count). The van der Waals surface area contributed by atoms with Crippen LogP contribution in [0.25, 0.3) is 0 Å². The van der Waals surface area contributed by atoms with Gasteiger partial charge in [0.15, 0.2) is 0 Å². The Bertz CT molecular complexity index is 405. The molecule has 0 aromatic carbocycles. The SMILES string of the molecule is CCC1(CNc2ncc(Br)c(OC)n2)CCCC1. The number of halogens is 1. The summed E-state index contributed by atoms with van der Waals surface area (Å²) in [6.45, 7) is 3.23. The summed E-state index contributed by atoms with van der Waals surface area (Å²) in [4.78, 5) is 8.59. The second-order valence-corrected chi connectivity index (χ2v) is 5.82. The summed E-state index contributed by atoms with van der Waals surface area (Å²) in [5.74, 6) is 1.22. The second kappa shape index (κ2) is 5.87. The predicted octanol–water partition coefficient (Wildman–Crippen LogP) is 3.63. The number of hydrogen-bond acceptors (Lipinski definition) is 4. The van der Waals surface area contributed by atoms with Crippen molar-refractivity contribution in [1.82, 2.24) is 9.97 Å². The Morgan fingerprint density at radius 2 is 2.17 bits per heavy atom. The maximum atomic E-state index is 5.17. The maximum Gasteiger partial charge on any atom is 0.232 e. The van der Waals surface area contributed by atoms with Crippen molar-refractivity contribution in [2.75, 3.05) is 19.0 Å². The van der Waals surface area contributed by atoms with Crippen molar-refractivity contribution in [3.63, 3.8) is 0 Å². The Balaban J connectivity index is 2.01. The van der Waals surface area contributed by atoms with Gasteiger partial charge in [0.2, 0.25) is 11.8 Å². The number of nitrogens with zero attached hydrogens (tertiary/aromatic N) is 2. The number of anilines is 1. The molecule has 0 aliphatic heterocycles. The molecule has 1 aliphatic rings. The Kier molecular flexibility index (Phi) is 4.43. The second-order valence-electron chi connectivity index (χ2n) is 4.97. The van der Waals surface area contributed by atoms with Crippen molar-refractivity contribution in [2.45, 2.75) is 39.0 Å². The van der Waals surface area contributed by atoms with Crippen molar-refractivity contribution in [3.8, 4) is 5.88 Å². The van der Waals surface area contributed by atoms with Crippen LogP contribution in [0.3, 0.4) is 0 Å². The predicted molar refractivity (Wildman–Crippen MR) is 76.0 cm³/mol. The monoisotopic (exact) mass is 313 g/mol. The van der Waals surface area contributed by atoms with E-state index in [0.29, 0.717) is 17.2 Å². The van der Waals surface area contributed by atoms with E-state index < -0.39 is 0 Å². The number of nitrogens with one attached hydrogen (secondary N) is 1. The van der Waals surface area contributed by atoms with Gasteiger partial charge in [0.25, 0.3) is 0 Å². The molecule has 1 N–H and O–H groups in total. The van der Waals surface area contributed by atoms with E-state index >= 15 is 0 Å². The minimum absolute atomic E-state index is 0.434. The molecule has 1 aromatic heterocycles. The van der Waals surface area contributed by atoms with Crippen molar-refractivity contribution in [3.05, 3.63) is 10.7 Å². The molecule has 100 valence electrons. The van der Waals surface area contributed by atoms with E-state index in [1.807, 2.05) is 0 Å². The average Bonchev–Trinajstić information content (AvgIpc) is 2.87. The topological polar surface area (TPSA) is 47.0 Å². The molecule has 0 bridgehead atoms. The van der Waals surface area contributed by atoms with Crippen LogP contribution in [0.4, 0.5) is 5.95 Å². The Morgan fingerprint density at radius 3 is 2.78 bits per heavy atom. The van der Waals surface area contributed by atoms with Gasteiger partial charge in [-0.05, 0) is 40.6 Å². The smallest absolute Gasteiger partial charge is 0.232 e. The highest BCUT2D eigenvalue weighted by molar-refractivity contribution is 9.10. The summed E-state index contributed by atoms with van der Waals surface area (Å²) >= 11 is 3.35. The van der Waals surface area contributed by atoms with Gasteiger partial charge in [-0.25, -0.2) is 4.98 Å². The lowest BCUT2D eigenvalue weighted by Gasteiger charge is -2.27. The first-order chi connectivity index (χ1) is 8.69. The van der Waals surface area contributed by atoms with Crippen molar-refractivity contribution < 1.29 is 4.74 Å². The molecule has 0 amide bonds. The Morgan fingerprint density at radius 1 is 1.44 bits per heavy atom. The van der Waals surface area contributed by atoms with Crippen molar-refractivity contribution >= 4 is 21.9 Å². The molecule has 5 heteroatoms. The summed E-state index contributed by atoms with van der Waals surface area (Å²) in [6.07, 6.45) is 8.25. The van der Waals surface area contributed by atoms with Gasteiger partial charge in [-0.15, -0.1) is 0 Å². The van der Waals surface area contributed by atoms with E-state index in [4.69, 9.17) is 4.74 Å². The summed E-state index contributed by atoms with van der Waals surface area (Å²) in [7, 11) is 1.61. The summed E-state index contributed by atoms with van der Waals surface area (Å²) < 4.78 is 5.95. The molecule has 0 radical (unpaired) electrons. The molecule has 0 unspecified atom stereocenters. The van der Waals surface area contributed by atoms with Crippen LogP contribution in [0.15, 0.2) is 10.7 Å². The van der Waals surface area contributed by atoms with Gasteiger partial charge in [-0.1, -0.05) is 19.8 Å². The van der Waals surface area contributed by atoms with E-state index in [1.54, 1.807) is 13.3 Å². The molecule has 1 aliphatic carbocycles. The summed E-state index contributed by atoms with van der Waals surface area (Å²) in [5, 5.41) is 3.36. The first-order valence-electron chi connectivity index (χ1n) is 6.49. The third-order valence-electron chi connectivity index (χ3n) is 3.94. The van der Waals surface area contributed by atoms with Gasteiger partial charge in [-0.3, -0.25) is 0 Å². The Hall–Kier alpha value is -0.840. The van der Waals surface area contributed by atoms with Crippen LogP contribution in [0, 0.1) is 5.41 Å². The molecule has 4 nitrogen and oxygen atoms in total. The molecule has 0 spiro atoms. The van der Waals surface area contributed by atoms with Crippen LogP contribution in [0.1, 0.15) is 39.0 Å². The van der Waals surface area contributed by atoms with Crippen LogP contribution in [-0.4, -0.2) is 23.6 Å². The van der Waals surface area contributed by atoms with Gasteiger partial charge in [0.1, 0.15) is 0 Å². The fourth-order valence-corrected chi connectivity index (χ4v) is 2.98.